The highest BCUT2D eigenvalue weighted by Crippen LogP contribution is 2.17. The summed E-state index contributed by atoms with van der Waals surface area (Å²) in [5.74, 6) is 1.43. The molecule has 1 rings (SSSR count). The lowest BCUT2D eigenvalue weighted by molar-refractivity contribution is 0.230. The molecule has 3 heteroatoms. The van der Waals surface area contributed by atoms with Crippen LogP contribution in [-0.4, -0.2) is 31.1 Å². The van der Waals surface area contributed by atoms with E-state index in [-0.39, 0.29) is 0 Å². The minimum Gasteiger partial charge on any atom is -0.330 e. The van der Waals surface area contributed by atoms with Crippen LogP contribution in [0.5, 0.6) is 0 Å². The largest absolute Gasteiger partial charge is 0.330 e. The Morgan fingerprint density at radius 1 is 1.32 bits per heavy atom. The Morgan fingerprint density at radius 3 is 2.58 bits per heavy atom. The van der Waals surface area contributed by atoms with E-state index in [1.165, 1.54) is 17.7 Å². The molecule has 2 atom stereocenters. The molecular weight excluding hydrogens is 252 g/mol. The lowest BCUT2D eigenvalue weighted by Gasteiger charge is -2.27. The summed E-state index contributed by atoms with van der Waals surface area (Å²) in [5.41, 5.74) is 5.88. The molecule has 2 N–H and O–H groups in total. The molecule has 19 heavy (non-hydrogen) atoms. The summed E-state index contributed by atoms with van der Waals surface area (Å²) >= 11 is 1.86. The van der Waals surface area contributed by atoms with Crippen molar-refractivity contribution in [2.75, 3.05) is 20.1 Å². The summed E-state index contributed by atoms with van der Waals surface area (Å²) in [5, 5.41) is 2.16. The van der Waals surface area contributed by atoms with Gasteiger partial charge in [-0.05, 0) is 69.6 Å². The molecule has 1 heterocycles. The highest BCUT2D eigenvalue weighted by atomic mass is 32.1. The SMILES string of the molecule is CC(C)CC(CN)CCN(C)C(C)Cc1cccs1. The Labute approximate surface area is 123 Å². The van der Waals surface area contributed by atoms with Crippen LogP contribution in [-0.2, 0) is 6.42 Å². The summed E-state index contributed by atoms with van der Waals surface area (Å²) in [4.78, 5) is 3.96. The minimum atomic E-state index is 0.608. The second-order valence-corrected chi connectivity index (χ2v) is 7.17. The predicted molar refractivity (Wildman–Crippen MR) is 86.7 cm³/mol. The second kappa shape index (κ2) is 8.72. The molecule has 110 valence electrons. The Balaban J connectivity index is 2.30. The molecule has 0 amide bonds. The van der Waals surface area contributed by atoms with Crippen LogP contribution in [0.25, 0.3) is 0 Å². The fourth-order valence-corrected chi connectivity index (χ4v) is 3.31. The summed E-state index contributed by atoms with van der Waals surface area (Å²) < 4.78 is 0. The number of hydrogen-bond acceptors (Lipinski definition) is 3. The summed E-state index contributed by atoms with van der Waals surface area (Å²) in [6, 6.07) is 4.98. The monoisotopic (exact) mass is 282 g/mol. The predicted octanol–water partition coefficient (Wildman–Crippen LogP) is 3.62. The third kappa shape index (κ3) is 6.55. The molecule has 0 radical (unpaired) electrons. The maximum absolute atomic E-state index is 5.88. The van der Waals surface area contributed by atoms with Gasteiger partial charge in [-0.3, -0.25) is 0 Å². The zero-order valence-corrected chi connectivity index (χ0v) is 13.7. The van der Waals surface area contributed by atoms with Crippen LogP contribution in [0.3, 0.4) is 0 Å². The van der Waals surface area contributed by atoms with Gasteiger partial charge in [-0.2, -0.15) is 0 Å². The first-order valence-corrected chi connectivity index (χ1v) is 8.33. The molecule has 0 aliphatic rings. The highest BCUT2D eigenvalue weighted by Gasteiger charge is 2.14. The van der Waals surface area contributed by atoms with Crippen LogP contribution in [0.4, 0.5) is 0 Å². The van der Waals surface area contributed by atoms with E-state index in [0.717, 1.165) is 25.4 Å². The average molecular weight is 282 g/mol. The summed E-state index contributed by atoms with van der Waals surface area (Å²) in [7, 11) is 2.24. The van der Waals surface area contributed by atoms with Gasteiger partial charge in [0.2, 0.25) is 0 Å². The minimum absolute atomic E-state index is 0.608. The maximum Gasteiger partial charge on any atom is 0.0112 e. The van der Waals surface area contributed by atoms with Crippen molar-refractivity contribution >= 4 is 11.3 Å². The van der Waals surface area contributed by atoms with Crippen molar-refractivity contribution in [1.82, 2.24) is 4.90 Å². The van der Waals surface area contributed by atoms with Crippen molar-refractivity contribution in [3.05, 3.63) is 22.4 Å². The van der Waals surface area contributed by atoms with Gasteiger partial charge in [-0.1, -0.05) is 19.9 Å². The van der Waals surface area contributed by atoms with E-state index in [4.69, 9.17) is 5.73 Å². The highest BCUT2D eigenvalue weighted by molar-refractivity contribution is 7.09. The molecule has 0 aliphatic heterocycles. The number of nitrogens with two attached hydrogens (primary N) is 1. The van der Waals surface area contributed by atoms with Crippen molar-refractivity contribution in [2.24, 2.45) is 17.6 Å². The Bertz CT molecular complexity index is 321. The van der Waals surface area contributed by atoms with E-state index in [0.29, 0.717) is 12.0 Å². The Kier molecular flexibility index (Phi) is 7.66. The maximum atomic E-state index is 5.88. The summed E-state index contributed by atoms with van der Waals surface area (Å²) in [6.07, 6.45) is 3.63. The van der Waals surface area contributed by atoms with E-state index in [9.17, 15) is 0 Å². The zero-order chi connectivity index (χ0) is 14.3. The molecule has 1 aromatic rings. The lowest BCUT2D eigenvalue weighted by Crippen LogP contribution is -2.33. The number of thiophene rings is 1. The van der Waals surface area contributed by atoms with Crippen LogP contribution in [0, 0.1) is 11.8 Å². The summed E-state index contributed by atoms with van der Waals surface area (Å²) in [6.45, 7) is 8.86. The van der Waals surface area contributed by atoms with E-state index in [1.807, 2.05) is 11.3 Å². The smallest absolute Gasteiger partial charge is 0.0112 e. The van der Waals surface area contributed by atoms with E-state index >= 15 is 0 Å². The van der Waals surface area contributed by atoms with Gasteiger partial charge < -0.3 is 10.6 Å². The molecule has 0 fully saturated rings. The van der Waals surface area contributed by atoms with Crippen molar-refractivity contribution in [3.63, 3.8) is 0 Å². The van der Waals surface area contributed by atoms with Crippen LogP contribution < -0.4 is 5.73 Å². The van der Waals surface area contributed by atoms with Crippen molar-refractivity contribution in [3.8, 4) is 0 Å². The second-order valence-electron chi connectivity index (χ2n) is 6.13. The fourth-order valence-electron chi connectivity index (χ4n) is 2.48. The quantitative estimate of drug-likeness (QED) is 0.749. The molecule has 0 aromatic carbocycles. The topological polar surface area (TPSA) is 29.3 Å². The van der Waals surface area contributed by atoms with Crippen molar-refractivity contribution in [2.45, 2.75) is 46.1 Å². The third-order valence-corrected chi connectivity index (χ3v) is 4.76. The molecule has 0 bridgehead atoms. The van der Waals surface area contributed by atoms with Gasteiger partial charge in [0.1, 0.15) is 0 Å². The molecule has 2 nitrogen and oxygen atoms in total. The zero-order valence-electron chi connectivity index (χ0n) is 12.9. The molecule has 1 aromatic heterocycles. The number of likely N-dealkylation sites (N-methyl/N-ethyl adjacent to an activating group) is 1. The van der Waals surface area contributed by atoms with Crippen molar-refractivity contribution < 1.29 is 0 Å². The molecular formula is C16H30N2S. The van der Waals surface area contributed by atoms with Crippen molar-refractivity contribution in [1.29, 1.82) is 0 Å². The van der Waals surface area contributed by atoms with Gasteiger partial charge in [-0.15, -0.1) is 11.3 Å². The first-order chi connectivity index (χ1) is 9.02. The van der Waals surface area contributed by atoms with Crippen LogP contribution in [0.1, 0.15) is 38.5 Å². The first-order valence-electron chi connectivity index (χ1n) is 7.45. The van der Waals surface area contributed by atoms with E-state index in [1.54, 1.807) is 0 Å². The molecule has 0 aliphatic carbocycles. The average Bonchev–Trinajstić information content (AvgIpc) is 2.86. The fraction of sp³-hybridized carbons (Fsp3) is 0.750. The Morgan fingerprint density at radius 2 is 2.05 bits per heavy atom. The number of rotatable bonds is 9. The molecule has 2 unspecified atom stereocenters. The van der Waals surface area contributed by atoms with Crippen LogP contribution in [0.2, 0.25) is 0 Å². The van der Waals surface area contributed by atoms with Gasteiger partial charge in [-0.25, -0.2) is 0 Å². The van der Waals surface area contributed by atoms with E-state index < -0.39 is 0 Å². The number of hydrogen-bond donors (Lipinski definition) is 1. The molecule has 0 spiro atoms. The van der Waals surface area contributed by atoms with Gasteiger partial charge in [0.15, 0.2) is 0 Å². The number of nitrogens with zero attached hydrogens (tertiary/aromatic N) is 1. The molecule has 0 saturated heterocycles. The third-order valence-electron chi connectivity index (χ3n) is 3.86. The van der Waals surface area contributed by atoms with Gasteiger partial charge >= 0.3 is 0 Å². The van der Waals surface area contributed by atoms with Gasteiger partial charge in [0, 0.05) is 10.9 Å². The van der Waals surface area contributed by atoms with Gasteiger partial charge in [0.25, 0.3) is 0 Å². The van der Waals surface area contributed by atoms with Crippen LogP contribution >= 0.6 is 11.3 Å². The lowest BCUT2D eigenvalue weighted by atomic mass is 9.94. The van der Waals surface area contributed by atoms with E-state index in [2.05, 4.69) is 50.2 Å². The Hall–Kier alpha value is -0.380. The van der Waals surface area contributed by atoms with Gasteiger partial charge in [0.05, 0.1) is 0 Å². The molecule has 0 saturated carbocycles. The normalized spacial score (nSPS) is 15.1. The van der Waals surface area contributed by atoms with Crippen LogP contribution in [0.15, 0.2) is 17.5 Å². The first kappa shape index (κ1) is 16.7. The standard InChI is InChI=1S/C16H30N2S/c1-13(2)10-15(12-17)7-8-18(4)14(3)11-16-6-5-9-19-16/h5-6,9,13-15H,7-8,10-12,17H2,1-4H3.